The average Bonchev–Trinajstić information content (AvgIpc) is 2.62. The van der Waals surface area contributed by atoms with Gasteiger partial charge in [0.1, 0.15) is 5.82 Å². The zero-order valence-electron chi connectivity index (χ0n) is 13.2. The number of nitrogens with zero attached hydrogens (tertiary/aromatic N) is 1. The second kappa shape index (κ2) is 7.04. The molecule has 0 unspecified atom stereocenters. The van der Waals surface area contributed by atoms with Gasteiger partial charge in [-0.3, -0.25) is 9.78 Å². The largest absolute Gasteiger partial charge is 0.324 e. The monoisotopic (exact) mass is 320 g/mol. The van der Waals surface area contributed by atoms with Crippen molar-refractivity contribution in [2.24, 2.45) is 0 Å². The van der Waals surface area contributed by atoms with Crippen molar-refractivity contribution in [3.8, 4) is 11.1 Å². The van der Waals surface area contributed by atoms with Gasteiger partial charge in [-0.15, -0.1) is 0 Å². The fourth-order valence-corrected chi connectivity index (χ4v) is 2.49. The fraction of sp³-hybridized carbons (Fsp3) is 0.100. The molecule has 1 N–H and O–H groups in total. The predicted octanol–water partition coefficient (Wildman–Crippen LogP) is 4.63. The number of carbonyl (C=O) groups is 1. The van der Waals surface area contributed by atoms with E-state index >= 15 is 0 Å². The van der Waals surface area contributed by atoms with Crippen LogP contribution in [0.5, 0.6) is 0 Å². The first-order valence-corrected chi connectivity index (χ1v) is 7.71. The predicted molar refractivity (Wildman–Crippen MR) is 93.1 cm³/mol. The SMILES string of the molecule is C[C@@H](C(=O)Nc1cccnc1)c1ccc(-c2ccccc2)c(F)c1. The van der Waals surface area contributed by atoms with E-state index < -0.39 is 5.92 Å². The lowest BCUT2D eigenvalue weighted by molar-refractivity contribution is -0.117. The molecule has 1 aromatic heterocycles. The second-order valence-corrected chi connectivity index (χ2v) is 5.56. The Morgan fingerprint density at radius 2 is 1.88 bits per heavy atom. The Bertz CT molecular complexity index is 835. The third-order valence-corrected chi connectivity index (χ3v) is 3.90. The van der Waals surface area contributed by atoms with Crippen molar-refractivity contribution in [1.82, 2.24) is 4.98 Å². The maximum Gasteiger partial charge on any atom is 0.231 e. The van der Waals surface area contributed by atoms with Crippen LogP contribution in [0.4, 0.5) is 10.1 Å². The lowest BCUT2D eigenvalue weighted by Gasteiger charge is -2.14. The Morgan fingerprint density at radius 3 is 2.54 bits per heavy atom. The van der Waals surface area contributed by atoms with Crippen LogP contribution >= 0.6 is 0 Å². The van der Waals surface area contributed by atoms with Gasteiger partial charge < -0.3 is 5.32 Å². The molecule has 2 aromatic carbocycles. The number of benzene rings is 2. The van der Waals surface area contributed by atoms with Gasteiger partial charge in [0.25, 0.3) is 0 Å². The molecule has 3 aromatic rings. The molecule has 4 heteroatoms. The summed E-state index contributed by atoms with van der Waals surface area (Å²) < 4.78 is 14.4. The van der Waals surface area contributed by atoms with Crippen molar-refractivity contribution >= 4 is 11.6 Å². The summed E-state index contributed by atoms with van der Waals surface area (Å²) in [5.41, 5.74) is 2.59. The Balaban J connectivity index is 1.79. The maximum atomic E-state index is 14.4. The minimum Gasteiger partial charge on any atom is -0.324 e. The van der Waals surface area contributed by atoms with Crippen LogP contribution in [0.15, 0.2) is 73.1 Å². The summed E-state index contributed by atoms with van der Waals surface area (Å²) in [6.07, 6.45) is 3.21. The quantitative estimate of drug-likeness (QED) is 0.761. The number of amides is 1. The number of carbonyl (C=O) groups excluding carboxylic acids is 1. The van der Waals surface area contributed by atoms with E-state index in [2.05, 4.69) is 10.3 Å². The van der Waals surface area contributed by atoms with Crippen molar-refractivity contribution in [3.05, 3.63) is 84.4 Å². The third-order valence-electron chi connectivity index (χ3n) is 3.90. The molecule has 0 aliphatic rings. The Labute approximate surface area is 140 Å². The lowest BCUT2D eigenvalue weighted by atomic mass is 9.96. The van der Waals surface area contributed by atoms with Crippen molar-refractivity contribution < 1.29 is 9.18 Å². The van der Waals surface area contributed by atoms with Crippen LogP contribution in [-0.2, 0) is 4.79 Å². The highest BCUT2D eigenvalue weighted by Crippen LogP contribution is 2.26. The van der Waals surface area contributed by atoms with E-state index in [1.165, 1.54) is 6.07 Å². The van der Waals surface area contributed by atoms with Crippen molar-refractivity contribution in [3.63, 3.8) is 0 Å². The maximum absolute atomic E-state index is 14.4. The van der Waals surface area contributed by atoms with Gasteiger partial charge in [-0.2, -0.15) is 0 Å². The van der Waals surface area contributed by atoms with Crippen LogP contribution in [0.25, 0.3) is 11.1 Å². The third kappa shape index (κ3) is 3.49. The van der Waals surface area contributed by atoms with Crippen LogP contribution in [0.3, 0.4) is 0 Å². The summed E-state index contributed by atoms with van der Waals surface area (Å²) in [5.74, 6) is -1.00. The highest BCUT2D eigenvalue weighted by Gasteiger charge is 2.17. The fourth-order valence-electron chi connectivity index (χ4n) is 2.49. The lowest BCUT2D eigenvalue weighted by Crippen LogP contribution is -2.19. The molecule has 0 bridgehead atoms. The molecular formula is C20H17FN2O. The Hall–Kier alpha value is -3.01. The molecule has 0 aliphatic heterocycles. The van der Waals surface area contributed by atoms with E-state index in [1.807, 2.05) is 30.3 Å². The van der Waals surface area contributed by atoms with Crippen molar-refractivity contribution in [1.29, 1.82) is 0 Å². The van der Waals surface area contributed by atoms with Crippen LogP contribution < -0.4 is 5.32 Å². The number of rotatable bonds is 4. The van der Waals surface area contributed by atoms with Crippen LogP contribution in [0, 0.1) is 5.82 Å². The molecule has 3 nitrogen and oxygen atoms in total. The molecule has 0 aliphatic carbocycles. The molecule has 24 heavy (non-hydrogen) atoms. The van der Waals surface area contributed by atoms with Gasteiger partial charge in [-0.1, -0.05) is 42.5 Å². The van der Waals surface area contributed by atoms with E-state index in [9.17, 15) is 9.18 Å². The molecule has 1 heterocycles. The normalized spacial score (nSPS) is 11.8. The number of halogens is 1. The Kier molecular flexibility index (Phi) is 4.66. The number of hydrogen-bond donors (Lipinski definition) is 1. The van der Waals surface area contributed by atoms with E-state index in [-0.39, 0.29) is 11.7 Å². The first kappa shape index (κ1) is 15.9. The van der Waals surface area contributed by atoms with E-state index in [0.29, 0.717) is 16.8 Å². The summed E-state index contributed by atoms with van der Waals surface area (Å²) in [7, 11) is 0. The molecule has 1 atom stereocenters. The molecule has 120 valence electrons. The number of nitrogens with one attached hydrogen (secondary N) is 1. The topological polar surface area (TPSA) is 42.0 Å². The van der Waals surface area contributed by atoms with E-state index in [1.54, 1.807) is 43.6 Å². The zero-order chi connectivity index (χ0) is 16.9. The smallest absolute Gasteiger partial charge is 0.231 e. The van der Waals surface area contributed by atoms with E-state index in [0.717, 1.165) is 5.56 Å². The molecule has 0 spiro atoms. The van der Waals surface area contributed by atoms with Gasteiger partial charge in [0.15, 0.2) is 0 Å². The standard InChI is InChI=1S/C20H17FN2O/c1-14(20(24)23-17-8-5-11-22-13-17)16-9-10-18(19(21)12-16)15-6-3-2-4-7-15/h2-14H,1H3,(H,23,24)/t14-/m1/s1. The van der Waals surface area contributed by atoms with Gasteiger partial charge in [-0.25, -0.2) is 4.39 Å². The summed E-state index contributed by atoms with van der Waals surface area (Å²) in [6, 6.07) is 17.8. The molecule has 1 amide bonds. The number of hydrogen-bond acceptors (Lipinski definition) is 2. The first-order valence-electron chi connectivity index (χ1n) is 7.71. The van der Waals surface area contributed by atoms with Crippen molar-refractivity contribution in [2.45, 2.75) is 12.8 Å². The van der Waals surface area contributed by atoms with E-state index in [4.69, 9.17) is 0 Å². The van der Waals surface area contributed by atoms with Gasteiger partial charge in [0.2, 0.25) is 5.91 Å². The van der Waals surface area contributed by atoms with Crippen molar-refractivity contribution in [2.75, 3.05) is 5.32 Å². The number of aromatic nitrogens is 1. The summed E-state index contributed by atoms with van der Waals surface area (Å²) >= 11 is 0. The summed E-state index contributed by atoms with van der Waals surface area (Å²) in [6.45, 7) is 1.75. The molecule has 0 saturated heterocycles. The van der Waals surface area contributed by atoms with Gasteiger partial charge >= 0.3 is 0 Å². The van der Waals surface area contributed by atoms with Crippen LogP contribution in [0.2, 0.25) is 0 Å². The number of pyridine rings is 1. The average molecular weight is 320 g/mol. The van der Waals surface area contributed by atoms with Crippen LogP contribution in [0.1, 0.15) is 18.4 Å². The second-order valence-electron chi connectivity index (χ2n) is 5.56. The molecule has 3 rings (SSSR count). The molecule has 0 radical (unpaired) electrons. The summed E-state index contributed by atoms with van der Waals surface area (Å²) in [4.78, 5) is 16.3. The molecular weight excluding hydrogens is 303 g/mol. The van der Waals surface area contributed by atoms with Gasteiger partial charge in [0.05, 0.1) is 17.8 Å². The zero-order valence-corrected chi connectivity index (χ0v) is 13.2. The van der Waals surface area contributed by atoms with Gasteiger partial charge in [0, 0.05) is 11.8 Å². The minimum atomic E-state index is -0.468. The first-order chi connectivity index (χ1) is 11.6. The number of anilines is 1. The highest BCUT2D eigenvalue weighted by atomic mass is 19.1. The van der Waals surface area contributed by atoms with Gasteiger partial charge in [-0.05, 0) is 36.2 Å². The highest BCUT2D eigenvalue weighted by molar-refractivity contribution is 5.95. The minimum absolute atomic E-state index is 0.199. The Morgan fingerprint density at radius 1 is 1.08 bits per heavy atom. The summed E-state index contributed by atoms with van der Waals surface area (Å²) in [5, 5.41) is 2.78. The van der Waals surface area contributed by atoms with Crippen LogP contribution in [-0.4, -0.2) is 10.9 Å². The molecule has 0 saturated carbocycles. The molecule has 0 fully saturated rings.